The quantitative estimate of drug-likeness (QED) is 0.291. The van der Waals surface area contributed by atoms with Crippen LogP contribution in [0.5, 0.6) is 0 Å². The van der Waals surface area contributed by atoms with E-state index in [0.29, 0.717) is 17.6 Å². The van der Waals surface area contributed by atoms with Crippen LogP contribution in [0.2, 0.25) is 0 Å². The molecule has 2 fully saturated rings. The molecule has 0 aromatic carbocycles. The first-order chi connectivity index (χ1) is 14.5. The molecule has 0 radical (unpaired) electrons. The van der Waals surface area contributed by atoms with Crippen molar-refractivity contribution in [2.45, 2.75) is 130 Å². The molecular formula is C29H50O. The molecule has 0 N–H and O–H groups in total. The molecule has 2 rings (SSSR count). The molecule has 0 heterocycles. The third-order valence-corrected chi connectivity index (χ3v) is 7.41. The van der Waals surface area contributed by atoms with Crippen molar-refractivity contribution in [2.75, 3.05) is 0 Å². The first-order valence-corrected chi connectivity index (χ1v) is 13.4. The molecule has 0 amide bonds. The first kappa shape index (κ1) is 25.4. The zero-order chi connectivity index (χ0) is 21.8. The van der Waals surface area contributed by atoms with Crippen LogP contribution < -0.4 is 0 Å². The van der Waals surface area contributed by atoms with Gasteiger partial charge < -0.3 is 0 Å². The highest BCUT2D eigenvalue weighted by atomic mass is 16.1. The number of rotatable bonds is 12. The Morgan fingerprint density at radius 2 is 1.03 bits per heavy atom. The Morgan fingerprint density at radius 3 is 1.37 bits per heavy atom. The van der Waals surface area contributed by atoms with E-state index in [4.69, 9.17) is 0 Å². The van der Waals surface area contributed by atoms with Gasteiger partial charge in [-0.1, -0.05) is 90.2 Å². The van der Waals surface area contributed by atoms with Crippen LogP contribution in [0.25, 0.3) is 0 Å². The van der Waals surface area contributed by atoms with Crippen LogP contribution in [0.1, 0.15) is 130 Å². The molecule has 2 aliphatic rings. The molecule has 0 aromatic rings. The van der Waals surface area contributed by atoms with Gasteiger partial charge in [0.2, 0.25) is 0 Å². The number of carbonyl (C=O) groups is 1. The smallest absolute Gasteiger partial charge is 0.178 e. The molecule has 0 bridgehead atoms. The first-order valence-electron chi connectivity index (χ1n) is 13.4. The molecule has 1 heteroatoms. The summed E-state index contributed by atoms with van der Waals surface area (Å²) < 4.78 is 0. The molecule has 2 saturated carbocycles. The predicted molar refractivity (Wildman–Crippen MR) is 132 cm³/mol. The van der Waals surface area contributed by atoms with Gasteiger partial charge in [-0.3, -0.25) is 4.79 Å². The maximum absolute atomic E-state index is 13.2. The lowest BCUT2D eigenvalue weighted by Crippen LogP contribution is -2.13. The summed E-state index contributed by atoms with van der Waals surface area (Å²) in [5.74, 6) is 3.15. The van der Waals surface area contributed by atoms with Gasteiger partial charge in [0.1, 0.15) is 0 Å². The van der Waals surface area contributed by atoms with Gasteiger partial charge >= 0.3 is 0 Å². The monoisotopic (exact) mass is 414 g/mol. The van der Waals surface area contributed by atoms with Gasteiger partial charge in [0, 0.05) is 0 Å². The van der Waals surface area contributed by atoms with E-state index in [0.717, 1.165) is 24.7 Å². The largest absolute Gasteiger partial charge is 0.290 e. The third-order valence-electron chi connectivity index (χ3n) is 7.41. The zero-order valence-electron chi connectivity index (χ0n) is 20.7. The van der Waals surface area contributed by atoms with Crippen molar-refractivity contribution < 1.29 is 4.79 Å². The van der Waals surface area contributed by atoms with Crippen LogP contribution in [0.3, 0.4) is 0 Å². The van der Waals surface area contributed by atoms with E-state index < -0.39 is 0 Å². The maximum Gasteiger partial charge on any atom is 0.178 e. The van der Waals surface area contributed by atoms with Crippen molar-refractivity contribution in [1.82, 2.24) is 0 Å². The summed E-state index contributed by atoms with van der Waals surface area (Å²) in [7, 11) is 0. The van der Waals surface area contributed by atoms with Gasteiger partial charge in [0.25, 0.3) is 0 Å². The van der Waals surface area contributed by atoms with E-state index in [1.807, 2.05) is 0 Å². The number of ketones is 1. The second-order valence-electron chi connectivity index (χ2n) is 11.1. The molecule has 2 aliphatic carbocycles. The Kier molecular flexibility index (Phi) is 12.1. The third kappa shape index (κ3) is 9.97. The second-order valence-corrected chi connectivity index (χ2v) is 11.1. The molecule has 172 valence electrons. The highest BCUT2D eigenvalue weighted by Crippen LogP contribution is 2.34. The summed E-state index contributed by atoms with van der Waals surface area (Å²) in [6, 6.07) is 0. The van der Waals surface area contributed by atoms with Gasteiger partial charge in [-0.25, -0.2) is 0 Å². The number of hydrogen-bond donors (Lipinski definition) is 0. The summed E-state index contributed by atoms with van der Waals surface area (Å²) in [6.45, 7) is 9.24. The molecule has 30 heavy (non-hydrogen) atoms. The number of hydrogen-bond acceptors (Lipinski definition) is 1. The van der Waals surface area contributed by atoms with Crippen molar-refractivity contribution in [1.29, 1.82) is 0 Å². The van der Waals surface area contributed by atoms with Crippen LogP contribution in [0, 0.1) is 23.7 Å². The lowest BCUT2D eigenvalue weighted by Gasteiger charge is -2.26. The second kappa shape index (κ2) is 14.3. The standard InChI is InChI=1S/C29H50O/c1-23(2)13-11-19-27(25-15-7-5-8-16-25)21-29(30)22-28(20-12-14-24(3)4)26-17-9-6-10-18-26/h21-26H,5-20H2,1-4H3. The van der Waals surface area contributed by atoms with E-state index >= 15 is 0 Å². The van der Waals surface area contributed by atoms with Gasteiger partial charge in [-0.15, -0.1) is 0 Å². The normalized spacial score (nSPS) is 20.3. The van der Waals surface area contributed by atoms with Crippen LogP contribution in [0.4, 0.5) is 0 Å². The van der Waals surface area contributed by atoms with E-state index in [1.165, 1.54) is 101 Å². The summed E-state index contributed by atoms with van der Waals surface area (Å²) in [4.78, 5) is 13.2. The maximum atomic E-state index is 13.2. The highest BCUT2D eigenvalue weighted by Gasteiger charge is 2.21. The fourth-order valence-corrected chi connectivity index (χ4v) is 5.57. The van der Waals surface area contributed by atoms with Crippen LogP contribution >= 0.6 is 0 Å². The number of carbonyl (C=O) groups excluding carboxylic acids is 1. The summed E-state index contributed by atoms with van der Waals surface area (Å²) in [5.41, 5.74) is 2.95. The fraction of sp³-hybridized carbons (Fsp3) is 0.828. The SMILES string of the molecule is CC(C)CCCC(=CC(=O)C=C(CCCC(C)C)C1CCCCC1)C1CCCCC1. The molecule has 1 nitrogen and oxygen atoms in total. The predicted octanol–water partition coefficient (Wildman–Crippen LogP) is 9.22. The van der Waals surface area contributed by atoms with Crippen molar-refractivity contribution in [3.63, 3.8) is 0 Å². The van der Waals surface area contributed by atoms with Crippen LogP contribution in [-0.4, -0.2) is 5.78 Å². The van der Waals surface area contributed by atoms with Crippen LogP contribution in [0.15, 0.2) is 23.3 Å². The van der Waals surface area contributed by atoms with Gasteiger partial charge in [-0.2, -0.15) is 0 Å². The van der Waals surface area contributed by atoms with Gasteiger partial charge in [-0.05, 0) is 87.2 Å². The lowest BCUT2D eigenvalue weighted by molar-refractivity contribution is -0.110. The minimum absolute atomic E-state index is 0.297. The van der Waals surface area contributed by atoms with Crippen LogP contribution in [-0.2, 0) is 4.79 Å². The molecule has 0 saturated heterocycles. The summed E-state index contributed by atoms with van der Waals surface area (Å²) >= 11 is 0. The minimum atomic E-state index is 0.297. The van der Waals surface area contributed by atoms with Crippen molar-refractivity contribution in [3.05, 3.63) is 23.3 Å². The molecular weight excluding hydrogens is 364 g/mol. The average molecular weight is 415 g/mol. The highest BCUT2D eigenvalue weighted by molar-refractivity contribution is 6.00. The Hall–Kier alpha value is -0.850. The average Bonchev–Trinajstić information content (AvgIpc) is 2.73. The van der Waals surface area contributed by atoms with Gasteiger partial charge in [0.15, 0.2) is 5.78 Å². The Balaban J connectivity index is 2.10. The van der Waals surface area contributed by atoms with Crippen molar-refractivity contribution in [3.8, 4) is 0 Å². The molecule has 0 unspecified atom stereocenters. The summed E-state index contributed by atoms with van der Waals surface area (Å²) in [5, 5.41) is 0. The van der Waals surface area contributed by atoms with Crippen molar-refractivity contribution in [2.24, 2.45) is 23.7 Å². The molecule has 0 aromatic heterocycles. The minimum Gasteiger partial charge on any atom is -0.290 e. The molecule has 0 atom stereocenters. The van der Waals surface area contributed by atoms with E-state index in [-0.39, 0.29) is 0 Å². The topological polar surface area (TPSA) is 17.1 Å². The van der Waals surface area contributed by atoms with E-state index in [2.05, 4.69) is 39.8 Å². The zero-order valence-corrected chi connectivity index (χ0v) is 20.7. The van der Waals surface area contributed by atoms with Gasteiger partial charge in [0.05, 0.1) is 0 Å². The number of allylic oxidation sites excluding steroid dienone is 4. The fourth-order valence-electron chi connectivity index (χ4n) is 5.57. The van der Waals surface area contributed by atoms with E-state index in [9.17, 15) is 4.79 Å². The van der Waals surface area contributed by atoms with E-state index in [1.54, 1.807) is 0 Å². The Morgan fingerprint density at radius 1 is 0.667 bits per heavy atom. The molecule has 0 aliphatic heterocycles. The molecule has 0 spiro atoms. The Bertz CT molecular complexity index is 491. The van der Waals surface area contributed by atoms with Crippen molar-refractivity contribution >= 4 is 5.78 Å². The lowest BCUT2D eigenvalue weighted by atomic mass is 9.80. The Labute approximate surface area is 188 Å². The summed E-state index contributed by atoms with van der Waals surface area (Å²) in [6.07, 6.45) is 24.8.